The molecule has 126 valence electrons. The summed E-state index contributed by atoms with van der Waals surface area (Å²) in [7, 11) is 1.62. The van der Waals surface area contributed by atoms with Crippen molar-refractivity contribution in [1.29, 1.82) is 0 Å². The molecule has 3 unspecified atom stereocenters. The van der Waals surface area contributed by atoms with Crippen LogP contribution >= 0.6 is 0 Å². The van der Waals surface area contributed by atoms with Crippen LogP contribution in [0, 0.1) is 5.92 Å². The second-order valence-corrected chi connectivity index (χ2v) is 6.58. The lowest BCUT2D eigenvalue weighted by molar-refractivity contribution is 0.0875. The highest BCUT2D eigenvalue weighted by Gasteiger charge is 2.33. The minimum Gasteiger partial charge on any atom is -0.497 e. The molecule has 2 fully saturated rings. The van der Waals surface area contributed by atoms with Gasteiger partial charge in [-0.2, -0.15) is 0 Å². The monoisotopic (exact) mass is 327 g/mol. The number of amides is 1. The van der Waals surface area contributed by atoms with Crippen LogP contribution in [0.5, 0.6) is 5.75 Å². The summed E-state index contributed by atoms with van der Waals surface area (Å²) in [6.45, 7) is 3.25. The fourth-order valence-electron chi connectivity index (χ4n) is 3.68. The van der Waals surface area contributed by atoms with Gasteiger partial charge in [0.15, 0.2) is 5.76 Å². The zero-order valence-electron chi connectivity index (χ0n) is 13.7. The van der Waals surface area contributed by atoms with Crippen molar-refractivity contribution in [2.24, 2.45) is 5.92 Å². The molecule has 24 heavy (non-hydrogen) atoms. The SMILES string of the molecule is COc1ccc(-c2cnc(C(=O)NC3CC4CCN(C4)C3)o2)cc1. The average Bonchev–Trinajstić information content (AvgIpc) is 3.22. The number of carbonyl (C=O) groups excluding carboxylic acids is 1. The first-order valence-electron chi connectivity index (χ1n) is 8.35. The van der Waals surface area contributed by atoms with Crippen molar-refractivity contribution in [1.82, 2.24) is 15.2 Å². The molecule has 3 atom stereocenters. The van der Waals surface area contributed by atoms with E-state index in [0.29, 0.717) is 11.7 Å². The Labute approximate surface area is 140 Å². The maximum Gasteiger partial charge on any atom is 0.307 e. The minimum absolute atomic E-state index is 0.119. The molecule has 2 aliphatic heterocycles. The lowest BCUT2D eigenvalue weighted by Gasteiger charge is -2.30. The second kappa shape index (κ2) is 6.28. The number of nitrogens with one attached hydrogen (secondary N) is 1. The smallest absolute Gasteiger partial charge is 0.307 e. The van der Waals surface area contributed by atoms with E-state index in [1.54, 1.807) is 13.3 Å². The van der Waals surface area contributed by atoms with E-state index >= 15 is 0 Å². The highest BCUT2D eigenvalue weighted by atomic mass is 16.5. The lowest BCUT2D eigenvalue weighted by Crippen LogP contribution is -2.47. The Morgan fingerprint density at radius 3 is 2.92 bits per heavy atom. The summed E-state index contributed by atoms with van der Waals surface area (Å²) in [5.41, 5.74) is 0.865. The van der Waals surface area contributed by atoms with Crippen LogP contribution < -0.4 is 10.1 Å². The van der Waals surface area contributed by atoms with Gasteiger partial charge < -0.3 is 19.4 Å². The summed E-state index contributed by atoms with van der Waals surface area (Å²) >= 11 is 0. The third-order valence-corrected chi connectivity index (χ3v) is 4.88. The molecule has 1 amide bonds. The largest absolute Gasteiger partial charge is 0.497 e. The normalized spacial score (nSPS) is 25.5. The van der Waals surface area contributed by atoms with Crippen LogP contribution in [0.4, 0.5) is 0 Å². The number of piperidine rings is 1. The van der Waals surface area contributed by atoms with Crippen molar-refractivity contribution >= 4 is 5.91 Å². The third kappa shape index (κ3) is 3.01. The molecule has 1 N–H and O–H groups in total. The minimum atomic E-state index is -0.234. The number of oxazole rings is 1. The molecule has 2 bridgehead atoms. The van der Waals surface area contributed by atoms with Crippen LogP contribution in [-0.2, 0) is 0 Å². The maximum atomic E-state index is 12.4. The topological polar surface area (TPSA) is 67.6 Å². The van der Waals surface area contributed by atoms with Crippen molar-refractivity contribution in [2.75, 3.05) is 26.7 Å². The van der Waals surface area contributed by atoms with Crippen LogP contribution in [0.25, 0.3) is 11.3 Å². The first-order valence-corrected chi connectivity index (χ1v) is 8.35. The van der Waals surface area contributed by atoms with Gasteiger partial charge in [-0.1, -0.05) is 0 Å². The molecule has 0 saturated carbocycles. The summed E-state index contributed by atoms with van der Waals surface area (Å²) in [5, 5.41) is 3.06. The van der Waals surface area contributed by atoms with Gasteiger partial charge in [0.25, 0.3) is 5.89 Å². The maximum absolute atomic E-state index is 12.4. The van der Waals surface area contributed by atoms with Crippen LogP contribution in [0.2, 0.25) is 0 Å². The number of aromatic nitrogens is 1. The quantitative estimate of drug-likeness (QED) is 0.932. The number of rotatable bonds is 4. The number of benzene rings is 1. The van der Waals surface area contributed by atoms with Crippen LogP contribution in [0.1, 0.15) is 23.5 Å². The van der Waals surface area contributed by atoms with E-state index in [1.807, 2.05) is 24.3 Å². The molecule has 3 heterocycles. The van der Waals surface area contributed by atoms with Gasteiger partial charge in [-0.25, -0.2) is 4.98 Å². The molecular formula is C18H21N3O3. The van der Waals surface area contributed by atoms with Gasteiger partial charge in [-0.05, 0) is 49.6 Å². The molecule has 0 aliphatic carbocycles. The molecule has 6 nitrogen and oxygen atoms in total. The number of carbonyl (C=O) groups is 1. The first kappa shape index (κ1) is 15.2. The van der Waals surface area contributed by atoms with E-state index in [1.165, 1.54) is 13.0 Å². The van der Waals surface area contributed by atoms with Gasteiger partial charge in [-0.3, -0.25) is 4.79 Å². The van der Waals surface area contributed by atoms with Crippen LogP contribution in [0.3, 0.4) is 0 Å². The molecule has 0 radical (unpaired) electrons. The molecule has 0 spiro atoms. The van der Waals surface area contributed by atoms with E-state index in [2.05, 4.69) is 15.2 Å². The number of methoxy groups -OCH3 is 1. The Bertz CT molecular complexity index is 713. The second-order valence-electron chi connectivity index (χ2n) is 6.58. The molecule has 1 aromatic carbocycles. The van der Waals surface area contributed by atoms with Crippen molar-refractivity contribution in [3.63, 3.8) is 0 Å². The molecule has 2 aliphatic rings. The molecule has 2 saturated heterocycles. The van der Waals surface area contributed by atoms with Crippen molar-refractivity contribution in [3.8, 4) is 17.1 Å². The van der Waals surface area contributed by atoms with E-state index < -0.39 is 0 Å². The van der Waals surface area contributed by atoms with E-state index in [-0.39, 0.29) is 17.8 Å². The van der Waals surface area contributed by atoms with Gasteiger partial charge in [0.05, 0.1) is 13.3 Å². The number of hydrogen-bond donors (Lipinski definition) is 1. The van der Waals surface area contributed by atoms with E-state index in [4.69, 9.17) is 9.15 Å². The summed E-state index contributed by atoms with van der Waals surface area (Å²) in [6.07, 6.45) is 3.88. The molecule has 4 rings (SSSR count). The third-order valence-electron chi connectivity index (χ3n) is 4.88. The average molecular weight is 327 g/mol. The zero-order valence-corrected chi connectivity index (χ0v) is 13.7. The van der Waals surface area contributed by atoms with Crippen molar-refractivity contribution in [3.05, 3.63) is 36.4 Å². The van der Waals surface area contributed by atoms with Gasteiger partial charge >= 0.3 is 5.91 Å². The summed E-state index contributed by atoms with van der Waals surface area (Å²) in [4.78, 5) is 18.9. The van der Waals surface area contributed by atoms with Gasteiger partial charge in [0, 0.05) is 24.7 Å². The summed E-state index contributed by atoms with van der Waals surface area (Å²) in [6, 6.07) is 7.66. The Morgan fingerprint density at radius 1 is 1.33 bits per heavy atom. The number of fused-ring (bicyclic) bond motifs is 2. The summed E-state index contributed by atoms with van der Waals surface area (Å²) < 4.78 is 10.8. The van der Waals surface area contributed by atoms with Crippen molar-refractivity contribution < 1.29 is 13.9 Å². The Hall–Kier alpha value is -2.34. The number of ether oxygens (including phenoxy) is 1. The fourth-order valence-corrected chi connectivity index (χ4v) is 3.68. The Morgan fingerprint density at radius 2 is 2.17 bits per heavy atom. The van der Waals surface area contributed by atoms with Gasteiger partial charge in [-0.15, -0.1) is 0 Å². The van der Waals surface area contributed by atoms with E-state index in [0.717, 1.165) is 30.8 Å². The first-order chi connectivity index (χ1) is 11.7. The predicted molar refractivity (Wildman–Crippen MR) is 88.9 cm³/mol. The Balaban J connectivity index is 1.42. The van der Waals surface area contributed by atoms with E-state index in [9.17, 15) is 4.79 Å². The number of nitrogens with zero attached hydrogens (tertiary/aromatic N) is 2. The van der Waals surface area contributed by atoms with Crippen molar-refractivity contribution in [2.45, 2.75) is 18.9 Å². The highest BCUT2D eigenvalue weighted by molar-refractivity contribution is 5.90. The fraction of sp³-hybridized carbons (Fsp3) is 0.444. The zero-order chi connectivity index (χ0) is 16.5. The van der Waals surface area contributed by atoms with Gasteiger partial charge in [0.2, 0.25) is 0 Å². The van der Waals surface area contributed by atoms with Crippen LogP contribution in [-0.4, -0.2) is 48.6 Å². The molecule has 1 aromatic heterocycles. The predicted octanol–water partition coefficient (Wildman–Crippen LogP) is 2.17. The van der Waals surface area contributed by atoms with Gasteiger partial charge in [0.1, 0.15) is 5.75 Å². The highest BCUT2D eigenvalue weighted by Crippen LogP contribution is 2.27. The standard InChI is InChI=1S/C18H21N3O3/c1-23-15-4-2-13(3-5-15)16-9-19-18(24-16)17(22)20-14-8-12-6-7-21(10-12)11-14/h2-5,9,12,14H,6-8,10-11H2,1H3,(H,20,22). The number of hydrogen-bond acceptors (Lipinski definition) is 5. The lowest BCUT2D eigenvalue weighted by atomic mass is 9.97. The van der Waals surface area contributed by atoms with Crippen LogP contribution in [0.15, 0.2) is 34.9 Å². The molecular weight excluding hydrogens is 306 g/mol. The Kier molecular flexibility index (Phi) is 3.98. The summed E-state index contributed by atoms with van der Waals surface area (Å²) in [5.74, 6) is 1.95. The molecule has 2 aromatic rings. The molecule has 6 heteroatoms.